The summed E-state index contributed by atoms with van der Waals surface area (Å²) < 4.78 is 12.0. The molecule has 0 saturated carbocycles. The minimum atomic E-state index is -0.217. The molecule has 0 bridgehead atoms. The second kappa shape index (κ2) is 9.17. The van der Waals surface area contributed by atoms with E-state index in [1.807, 2.05) is 31.2 Å². The number of likely N-dealkylation sites (tertiary alicyclic amines) is 1. The number of nitrogens with zero attached hydrogens (tertiary/aromatic N) is 4. The topological polar surface area (TPSA) is 93.1 Å². The second-order valence-electron chi connectivity index (χ2n) is 7.91. The molecule has 3 aromatic heterocycles. The van der Waals surface area contributed by atoms with Crippen LogP contribution in [0.5, 0.6) is 5.88 Å². The lowest BCUT2D eigenvalue weighted by atomic mass is 9.93. The van der Waals surface area contributed by atoms with Gasteiger partial charge in [-0.15, -0.1) is 5.10 Å². The predicted molar refractivity (Wildman–Crippen MR) is 124 cm³/mol. The van der Waals surface area contributed by atoms with E-state index < -0.39 is 0 Å². The molecule has 1 N–H and O–H groups in total. The van der Waals surface area contributed by atoms with Crippen LogP contribution in [0.2, 0.25) is 5.02 Å². The normalized spacial score (nSPS) is 16.3. The third kappa shape index (κ3) is 4.23. The fraction of sp³-hybridized carbons (Fsp3) is 0.348. The van der Waals surface area contributed by atoms with Gasteiger partial charge in [-0.05, 0) is 62.7 Å². The molecule has 1 aliphatic heterocycles. The van der Waals surface area contributed by atoms with Crippen molar-refractivity contribution in [3.63, 3.8) is 0 Å². The number of ether oxygens (including phenoxy) is 1. The lowest BCUT2D eigenvalue weighted by Gasteiger charge is -2.36. The average Bonchev–Trinajstić information content (AvgIpc) is 3.55. The van der Waals surface area contributed by atoms with Gasteiger partial charge in [0.15, 0.2) is 5.76 Å². The van der Waals surface area contributed by atoms with E-state index >= 15 is 0 Å². The smallest absolute Gasteiger partial charge is 0.309 e. The van der Waals surface area contributed by atoms with Crippen LogP contribution in [0.25, 0.3) is 16.5 Å². The number of piperidine rings is 1. The van der Waals surface area contributed by atoms with Crippen LogP contribution in [0.4, 0.5) is 0 Å². The minimum absolute atomic E-state index is 0.0489. The van der Waals surface area contributed by atoms with Gasteiger partial charge in [-0.25, -0.2) is 0 Å². The number of thiazole rings is 1. The first-order chi connectivity index (χ1) is 16.0. The highest BCUT2D eigenvalue weighted by atomic mass is 35.5. The molecule has 5 rings (SSSR count). The van der Waals surface area contributed by atoms with E-state index in [-0.39, 0.29) is 23.8 Å². The molecular formula is C23H23ClN4O4S. The number of furan rings is 1. The van der Waals surface area contributed by atoms with Gasteiger partial charge in [0.2, 0.25) is 16.7 Å². The summed E-state index contributed by atoms with van der Waals surface area (Å²) in [5.41, 5.74) is 1.00. The highest BCUT2D eigenvalue weighted by Gasteiger charge is 2.34. The number of rotatable bonds is 6. The van der Waals surface area contributed by atoms with Gasteiger partial charge in [0.05, 0.1) is 29.7 Å². The number of benzene rings is 1. The second-order valence-corrected chi connectivity index (χ2v) is 9.36. The Balaban J connectivity index is 1.48. The van der Waals surface area contributed by atoms with Crippen LogP contribution in [0.3, 0.4) is 0 Å². The van der Waals surface area contributed by atoms with Gasteiger partial charge in [0.1, 0.15) is 0 Å². The van der Waals surface area contributed by atoms with Crippen molar-refractivity contribution in [1.82, 2.24) is 19.5 Å². The van der Waals surface area contributed by atoms with Crippen molar-refractivity contribution in [2.45, 2.75) is 25.8 Å². The number of hydrogen-bond donors (Lipinski definition) is 1. The zero-order valence-corrected chi connectivity index (χ0v) is 19.6. The number of aromatic nitrogens is 3. The lowest BCUT2D eigenvalue weighted by molar-refractivity contribution is -0.149. The molecule has 4 heterocycles. The first-order valence-electron chi connectivity index (χ1n) is 10.8. The molecule has 1 aromatic carbocycles. The van der Waals surface area contributed by atoms with Gasteiger partial charge in [-0.3, -0.25) is 9.69 Å². The van der Waals surface area contributed by atoms with Crippen molar-refractivity contribution < 1.29 is 19.1 Å². The maximum atomic E-state index is 12.2. The van der Waals surface area contributed by atoms with Crippen molar-refractivity contribution in [2.24, 2.45) is 5.92 Å². The van der Waals surface area contributed by atoms with E-state index in [1.165, 1.54) is 15.9 Å². The van der Waals surface area contributed by atoms with Gasteiger partial charge < -0.3 is 14.3 Å². The summed E-state index contributed by atoms with van der Waals surface area (Å²) in [7, 11) is 0. The maximum absolute atomic E-state index is 12.2. The molecule has 0 amide bonds. The highest BCUT2D eigenvalue weighted by molar-refractivity contribution is 7.17. The first kappa shape index (κ1) is 21.9. The predicted octanol–water partition coefficient (Wildman–Crippen LogP) is 4.77. The Morgan fingerprint density at radius 2 is 2.06 bits per heavy atom. The quantitative estimate of drug-likeness (QED) is 0.392. The molecule has 4 aromatic rings. The number of halogens is 1. The number of esters is 1. The van der Waals surface area contributed by atoms with E-state index in [2.05, 4.69) is 15.0 Å². The Morgan fingerprint density at radius 3 is 2.70 bits per heavy atom. The number of carbonyl (C=O) groups is 1. The molecule has 8 nitrogen and oxygen atoms in total. The van der Waals surface area contributed by atoms with E-state index in [0.717, 1.165) is 10.4 Å². The molecule has 0 radical (unpaired) electrons. The van der Waals surface area contributed by atoms with Crippen molar-refractivity contribution in [1.29, 1.82) is 0 Å². The van der Waals surface area contributed by atoms with E-state index in [4.69, 9.17) is 20.8 Å². The molecule has 172 valence electrons. The SMILES string of the molecule is CCOC(=O)C1CCN([C@@H](c2ccc(Cl)cc2)c2sc3nc(-c4ccco4)nn3c2O)CC1. The first-order valence-corrected chi connectivity index (χ1v) is 12.0. The molecule has 1 saturated heterocycles. The van der Waals surface area contributed by atoms with Gasteiger partial charge >= 0.3 is 5.97 Å². The fourth-order valence-corrected chi connectivity index (χ4v) is 5.51. The number of carbonyl (C=O) groups excluding carboxylic acids is 1. The zero-order valence-electron chi connectivity index (χ0n) is 18.0. The van der Waals surface area contributed by atoms with Crippen LogP contribution in [-0.4, -0.2) is 50.3 Å². The third-order valence-corrected chi connectivity index (χ3v) is 7.21. The van der Waals surface area contributed by atoms with Gasteiger partial charge in [-0.1, -0.05) is 35.1 Å². The standard InChI is InChI=1S/C23H23ClN4O4S/c1-2-31-22(30)15-9-11-27(12-10-15)18(14-5-7-16(24)8-6-14)19-21(29)28-23(33-19)25-20(26-28)17-4-3-13-32-17/h3-8,13,15,18,29H,2,9-12H2,1H3/t18-/m0/s1. The summed E-state index contributed by atoms with van der Waals surface area (Å²) >= 11 is 7.52. The van der Waals surface area contributed by atoms with Crippen LogP contribution in [0.1, 0.15) is 36.2 Å². The monoisotopic (exact) mass is 486 g/mol. The van der Waals surface area contributed by atoms with E-state index in [1.54, 1.807) is 18.4 Å². The highest BCUT2D eigenvalue weighted by Crippen LogP contribution is 2.42. The van der Waals surface area contributed by atoms with Crippen LogP contribution < -0.4 is 0 Å². The molecule has 0 aliphatic carbocycles. The Kier molecular flexibility index (Phi) is 6.09. The number of hydrogen-bond acceptors (Lipinski definition) is 8. The summed E-state index contributed by atoms with van der Waals surface area (Å²) in [5, 5.41) is 16.2. The molecule has 0 spiro atoms. The fourth-order valence-electron chi connectivity index (χ4n) is 4.27. The molecule has 0 unspecified atom stereocenters. The molecule has 1 aliphatic rings. The lowest BCUT2D eigenvalue weighted by Crippen LogP contribution is -2.39. The zero-order chi connectivity index (χ0) is 22.9. The van der Waals surface area contributed by atoms with Crippen LogP contribution in [-0.2, 0) is 9.53 Å². The Labute approximate surface area is 199 Å². The Bertz CT molecular complexity index is 1240. The number of fused-ring (bicyclic) bond motifs is 1. The van der Waals surface area contributed by atoms with E-state index in [0.29, 0.717) is 54.1 Å². The summed E-state index contributed by atoms with van der Waals surface area (Å²) in [6, 6.07) is 11.0. The average molecular weight is 487 g/mol. The van der Waals surface area contributed by atoms with Crippen LogP contribution in [0.15, 0.2) is 47.1 Å². The van der Waals surface area contributed by atoms with E-state index in [9.17, 15) is 9.90 Å². The maximum Gasteiger partial charge on any atom is 0.309 e. The van der Waals surface area contributed by atoms with Crippen LogP contribution >= 0.6 is 22.9 Å². The van der Waals surface area contributed by atoms with Crippen molar-refractivity contribution >= 4 is 33.9 Å². The number of aromatic hydroxyl groups is 1. The summed E-state index contributed by atoms with van der Waals surface area (Å²) in [6.07, 6.45) is 2.96. The molecular weight excluding hydrogens is 464 g/mol. The van der Waals surface area contributed by atoms with Gasteiger partial charge in [-0.2, -0.15) is 9.50 Å². The largest absolute Gasteiger partial charge is 0.492 e. The molecule has 1 atom stereocenters. The van der Waals surface area contributed by atoms with Crippen molar-refractivity contribution in [2.75, 3.05) is 19.7 Å². The van der Waals surface area contributed by atoms with Crippen LogP contribution in [0, 0.1) is 5.92 Å². The minimum Gasteiger partial charge on any atom is -0.492 e. The summed E-state index contributed by atoms with van der Waals surface area (Å²) in [5.74, 6) is 0.785. The molecule has 33 heavy (non-hydrogen) atoms. The summed E-state index contributed by atoms with van der Waals surface area (Å²) in [6.45, 7) is 3.61. The summed E-state index contributed by atoms with van der Waals surface area (Å²) in [4.78, 5) is 20.3. The van der Waals surface area contributed by atoms with Crippen molar-refractivity contribution in [3.8, 4) is 17.5 Å². The molecule has 10 heteroatoms. The van der Waals surface area contributed by atoms with Gasteiger partial charge in [0.25, 0.3) is 0 Å². The Hall–Kier alpha value is -2.88. The Morgan fingerprint density at radius 1 is 1.30 bits per heavy atom. The third-order valence-electron chi connectivity index (χ3n) is 5.89. The van der Waals surface area contributed by atoms with Crippen molar-refractivity contribution in [3.05, 3.63) is 58.1 Å². The van der Waals surface area contributed by atoms with Gasteiger partial charge in [0, 0.05) is 5.02 Å². The molecule has 1 fully saturated rings.